The molecule has 0 saturated carbocycles. The van der Waals surface area contributed by atoms with Crippen molar-refractivity contribution in [3.05, 3.63) is 58.3 Å². The van der Waals surface area contributed by atoms with E-state index in [0.29, 0.717) is 18.2 Å². The topological polar surface area (TPSA) is 64.0 Å². The molecule has 7 heteroatoms. The average molecular weight is 307 g/mol. The molecule has 0 aliphatic rings. The summed E-state index contributed by atoms with van der Waals surface area (Å²) in [4.78, 5) is 27.7. The second-order valence-electron chi connectivity index (χ2n) is 4.77. The normalized spacial score (nSPS) is 10.5. The molecule has 0 radical (unpaired) electrons. The van der Waals surface area contributed by atoms with E-state index in [2.05, 4.69) is 10.3 Å². The minimum Gasteiger partial charge on any atom is -0.322 e. The molecular formula is C15H15F2N3O2. The largest absolute Gasteiger partial charge is 0.322 e. The lowest BCUT2D eigenvalue weighted by atomic mass is 10.2. The van der Waals surface area contributed by atoms with Gasteiger partial charge in [0.2, 0.25) is 5.91 Å². The maximum atomic E-state index is 13.4. The number of carbonyl (C=O) groups is 1. The fraction of sp³-hybridized carbons (Fsp3) is 0.267. The van der Waals surface area contributed by atoms with Gasteiger partial charge in [-0.25, -0.2) is 13.8 Å². The van der Waals surface area contributed by atoms with Gasteiger partial charge in [-0.3, -0.25) is 14.2 Å². The smallest absolute Gasteiger partial charge is 0.253 e. The summed E-state index contributed by atoms with van der Waals surface area (Å²) in [6, 6.07) is 4.19. The second-order valence-corrected chi connectivity index (χ2v) is 4.77. The SMILES string of the molecule is CCCc1cc(=O)n(CC(=O)Nc2ccc(F)cc2F)cn1. The molecular weight excluding hydrogens is 292 g/mol. The summed E-state index contributed by atoms with van der Waals surface area (Å²) in [7, 11) is 0. The first-order valence-corrected chi connectivity index (χ1v) is 6.80. The molecule has 1 heterocycles. The van der Waals surface area contributed by atoms with Crippen LogP contribution in [0.2, 0.25) is 0 Å². The van der Waals surface area contributed by atoms with Crippen LogP contribution in [0.4, 0.5) is 14.5 Å². The number of aryl methyl sites for hydroxylation is 1. The van der Waals surface area contributed by atoms with Gasteiger partial charge in [0.05, 0.1) is 12.0 Å². The van der Waals surface area contributed by atoms with Gasteiger partial charge < -0.3 is 5.32 Å². The Hall–Kier alpha value is -2.57. The molecule has 1 amide bonds. The number of hydrogen-bond acceptors (Lipinski definition) is 3. The van der Waals surface area contributed by atoms with Gasteiger partial charge in [0, 0.05) is 17.8 Å². The highest BCUT2D eigenvalue weighted by atomic mass is 19.1. The molecule has 5 nitrogen and oxygen atoms in total. The number of rotatable bonds is 5. The fourth-order valence-corrected chi connectivity index (χ4v) is 1.91. The highest BCUT2D eigenvalue weighted by molar-refractivity contribution is 5.90. The molecule has 0 bridgehead atoms. The van der Waals surface area contributed by atoms with Gasteiger partial charge in [0.15, 0.2) is 0 Å². The lowest BCUT2D eigenvalue weighted by Crippen LogP contribution is -2.28. The van der Waals surface area contributed by atoms with E-state index in [1.165, 1.54) is 12.4 Å². The van der Waals surface area contributed by atoms with Crippen molar-refractivity contribution in [2.24, 2.45) is 0 Å². The zero-order valence-corrected chi connectivity index (χ0v) is 12.0. The molecule has 0 fully saturated rings. The van der Waals surface area contributed by atoms with Gasteiger partial charge in [0.1, 0.15) is 18.2 Å². The van der Waals surface area contributed by atoms with Crippen molar-refractivity contribution in [3.8, 4) is 0 Å². The van der Waals surface area contributed by atoms with E-state index in [9.17, 15) is 18.4 Å². The molecule has 1 N–H and O–H groups in total. The molecule has 0 spiro atoms. The Kier molecular flexibility index (Phi) is 4.98. The fourth-order valence-electron chi connectivity index (χ4n) is 1.91. The molecule has 116 valence electrons. The summed E-state index contributed by atoms with van der Waals surface area (Å²) in [5.41, 5.74) is 0.164. The van der Waals surface area contributed by atoms with E-state index < -0.39 is 17.5 Å². The zero-order valence-electron chi connectivity index (χ0n) is 12.0. The predicted molar refractivity (Wildman–Crippen MR) is 77.5 cm³/mol. The molecule has 2 rings (SSSR count). The maximum absolute atomic E-state index is 13.4. The number of aromatic nitrogens is 2. The molecule has 1 aromatic carbocycles. The Bertz CT molecular complexity index is 744. The number of benzene rings is 1. The highest BCUT2D eigenvalue weighted by Gasteiger charge is 2.10. The van der Waals surface area contributed by atoms with Crippen molar-refractivity contribution < 1.29 is 13.6 Å². The molecule has 22 heavy (non-hydrogen) atoms. The summed E-state index contributed by atoms with van der Waals surface area (Å²) < 4.78 is 27.3. The van der Waals surface area contributed by atoms with E-state index in [-0.39, 0.29) is 17.8 Å². The van der Waals surface area contributed by atoms with Crippen LogP contribution in [0.1, 0.15) is 19.0 Å². The third kappa shape index (κ3) is 3.97. The van der Waals surface area contributed by atoms with Crippen LogP contribution in [0, 0.1) is 11.6 Å². The summed E-state index contributed by atoms with van der Waals surface area (Å²) in [5, 5.41) is 2.28. The number of anilines is 1. The van der Waals surface area contributed by atoms with Gasteiger partial charge in [-0.05, 0) is 18.6 Å². The molecule has 2 aromatic rings. The number of hydrogen-bond donors (Lipinski definition) is 1. The molecule has 1 aromatic heterocycles. The molecule has 0 aliphatic carbocycles. The molecule has 0 atom stereocenters. The van der Waals surface area contributed by atoms with Crippen LogP contribution < -0.4 is 10.9 Å². The third-order valence-corrected chi connectivity index (χ3v) is 2.96. The monoisotopic (exact) mass is 307 g/mol. The summed E-state index contributed by atoms with van der Waals surface area (Å²) >= 11 is 0. The lowest BCUT2D eigenvalue weighted by Gasteiger charge is -2.08. The van der Waals surface area contributed by atoms with E-state index in [1.807, 2.05) is 6.92 Å². The van der Waals surface area contributed by atoms with Crippen LogP contribution in [0.3, 0.4) is 0 Å². The van der Waals surface area contributed by atoms with Crippen molar-refractivity contribution in [2.75, 3.05) is 5.32 Å². The van der Waals surface area contributed by atoms with E-state index in [0.717, 1.165) is 23.1 Å². The van der Waals surface area contributed by atoms with Gasteiger partial charge >= 0.3 is 0 Å². The third-order valence-electron chi connectivity index (χ3n) is 2.96. The zero-order chi connectivity index (χ0) is 16.1. The van der Waals surface area contributed by atoms with Crippen LogP contribution in [0.15, 0.2) is 35.4 Å². The maximum Gasteiger partial charge on any atom is 0.253 e. The van der Waals surface area contributed by atoms with Crippen molar-refractivity contribution >= 4 is 11.6 Å². The Labute approximate surface area is 125 Å². The highest BCUT2D eigenvalue weighted by Crippen LogP contribution is 2.14. The van der Waals surface area contributed by atoms with Crippen LogP contribution in [-0.4, -0.2) is 15.5 Å². The van der Waals surface area contributed by atoms with E-state index in [1.54, 1.807) is 0 Å². The quantitative estimate of drug-likeness (QED) is 0.920. The van der Waals surface area contributed by atoms with Gasteiger partial charge in [-0.2, -0.15) is 0 Å². The number of amides is 1. The van der Waals surface area contributed by atoms with Crippen LogP contribution in [0.5, 0.6) is 0 Å². The first-order chi connectivity index (χ1) is 10.5. The van der Waals surface area contributed by atoms with Gasteiger partial charge in [-0.1, -0.05) is 13.3 Å². The molecule has 0 aliphatic heterocycles. The van der Waals surface area contributed by atoms with Gasteiger partial charge in [0.25, 0.3) is 5.56 Å². The standard InChI is InChI=1S/C15H15F2N3O2/c1-2-3-11-7-15(22)20(9-18-11)8-14(21)19-13-5-4-10(16)6-12(13)17/h4-7,9H,2-3,8H2,1H3,(H,19,21). The van der Waals surface area contributed by atoms with Crippen molar-refractivity contribution in [3.63, 3.8) is 0 Å². The predicted octanol–water partition coefficient (Wildman–Crippen LogP) is 2.11. The minimum absolute atomic E-state index is 0.144. The molecule has 0 saturated heterocycles. The summed E-state index contributed by atoms with van der Waals surface area (Å²) in [5.74, 6) is -2.21. The molecule has 0 unspecified atom stereocenters. The number of halogens is 2. The minimum atomic E-state index is -0.878. The summed E-state index contributed by atoms with van der Waals surface area (Å²) in [6.07, 6.45) is 2.83. The van der Waals surface area contributed by atoms with Crippen molar-refractivity contribution in [2.45, 2.75) is 26.3 Å². The second kappa shape index (κ2) is 6.93. The Morgan fingerprint density at radius 2 is 2.09 bits per heavy atom. The summed E-state index contributed by atoms with van der Waals surface area (Å²) in [6.45, 7) is 1.67. The van der Waals surface area contributed by atoms with E-state index >= 15 is 0 Å². The van der Waals surface area contributed by atoms with Crippen molar-refractivity contribution in [1.29, 1.82) is 0 Å². The number of nitrogens with zero attached hydrogens (tertiary/aromatic N) is 2. The van der Waals surface area contributed by atoms with Crippen LogP contribution >= 0.6 is 0 Å². The Balaban J connectivity index is 2.07. The van der Waals surface area contributed by atoms with Gasteiger partial charge in [-0.15, -0.1) is 0 Å². The average Bonchev–Trinajstić information content (AvgIpc) is 2.45. The number of carbonyl (C=O) groups excluding carboxylic acids is 1. The van der Waals surface area contributed by atoms with Crippen LogP contribution in [0.25, 0.3) is 0 Å². The Morgan fingerprint density at radius 1 is 1.32 bits per heavy atom. The first-order valence-electron chi connectivity index (χ1n) is 6.80. The van der Waals surface area contributed by atoms with E-state index in [4.69, 9.17) is 0 Å². The first kappa shape index (κ1) is 15.8. The van der Waals surface area contributed by atoms with Crippen molar-refractivity contribution in [1.82, 2.24) is 9.55 Å². The lowest BCUT2D eigenvalue weighted by molar-refractivity contribution is -0.116. The number of nitrogens with one attached hydrogen (secondary N) is 1. The van der Waals surface area contributed by atoms with Crippen LogP contribution in [-0.2, 0) is 17.8 Å². The Morgan fingerprint density at radius 3 is 2.73 bits per heavy atom.